The fourth-order valence-corrected chi connectivity index (χ4v) is 0.612. The molecule has 0 fully saturated rings. The highest BCUT2D eigenvalue weighted by Gasteiger charge is 1.94. The van der Waals surface area contributed by atoms with E-state index >= 15 is 0 Å². The van der Waals surface area contributed by atoms with Gasteiger partial charge in [-0.25, -0.2) is 0 Å². The van der Waals surface area contributed by atoms with Crippen molar-refractivity contribution in [1.82, 2.24) is 5.32 Å². The molecule has 0 heterocycles. The SMILES string of the molecule is C=CCCC(=O)NC/C=C/C. The standard InChI is InChI=1S/C9H15NO/c1-3-5-7-9(11)10-8-6-4-2/h3-4,6H,1,5,7-8H2,2H3,(H,10,11)/b6-4+. The van der Waals surface area contributed by atoms with Crippen LogP contribution in [0.15, 0.2) is 24.8 Å². The quantitative estimate of drug-likeness (QED) is 0.598. The summed E-state index contributed by atoms with van der Waals surface area (Å²) in [5.41, 5.74) is 0. The summed E-state index contributed by atoms with van der Waals surface area (Å²) in [4.78, 5) is 10.9. The second-order valence-corrected chi connectivity index (χ2v) is 2.20. The van der Waals surface area contributed by atoms with Crippen LogP contribution in [-0.2, 0) is 4.79 Å². The van der Waals surface area contributed by atoms with Gasteiger partial charge in [0.2, 0.25) is 5.91 Å². The number of amides is 1. The van der Waals surface area contributed by atoms with Crippen LogP contribution in [0, 0.1) is 0 Å². The van der Waals surface area contributed by atoms with Gasteiger partial charge in [0.1, 0.15) is 0 Å². The molecular formula is C9H15NO. The average molecular weight is 153 g/mol. The van der Waals surface area contributed by atoms with Crippen LogP contribution >= 0.6 is 0 Å². The van der Waals surface area contributed by atoms with Crippen LogP contribution in [0.5, 0.6) is 0 Å². The third-order valence-electron chi connectivity index (χ3n) is 1.23. The molecule has 0 unspecified atom stereocenters. The number of carbonyl (C=O) groups is 1. The first-order valence-electron chi connectivity index (χ1n) is 3.80. The van der Waals surface area contributed by atoms with Gasteiger partial charge in [-0.3, -0.25) is 4.79 Å². The van der Waals surface area contributed by atoms with E-state index in [1.54, 1.807) is 6.08 Å². The highest BCUT2D eigenvalue weighted by atomic mass is 16.1. The maximum absolute atomic E-state index is 10.9. The molecular weight excluding hydrogens is 138 g/mol. The van der Waals surface area contributed by atoms with Gasteiger partial charge in [-0.1, -0.05) is 18.2 Å². The minimum atomic E-state index is 0.0861. The Labute approximate surface area is 68.0 Å². The molecule has 1 N–H and O–H groups in total. The zero-order valence-corrected chi connectivity index (χ0v) is 6.97. The van der Waals surface area contributed by atoms with E-state index in [0.717, 1.165) is 6.42 Å². The highest BCUT2D eigenvalue weighted by Crippen LogP contribution is 1.87. The van der Waals surface area contributed by atoms with E-state index in [0.29, 0.717) is 13.0 Å². The lowest BCUT2D eigenvalue weighted by Crippen LogP contribution is -2.22. The topological polar surface area (TPSA) is 29.1 Å². The molecule has 2 heteroatoms. The van der Waals surface area contributed by atoms with Gasteiger partial charge in [-0.2, -0.15) is 0 Å². The van der Waals surface area contributed by atoms with E-state index in [-0.39, 0.29) is 5.91 Å². The van der Waals surface area contributed by atoms with Gasteiger partial charge in [0, 0.05) is 13.0 Å². The number of nitrogens with one attached hydrogen (secondary N) is 1. The van der Waals surface area contributed by atoms with Crippen LogP contribution in [-0.4, -0.2) is 12.5 Å². The molecule has 0 aliphatic carbocycles. The Kier molecular flexibility index (Phi) is 6.39. The van der Waals surface area contributed by atoms with Crippen LogP contribution in [0.3, 0.4) is 0 Å². The molecule has 2 nitrogen and oxygen atoms in total. The summed E-state index contributed by atoms with van der Waals surface area (Å²) in [7, 11) is 0. The summed E-state index contributed by atoms with van der Waals surface area (Å²) in [6, 6.07) is 0. The maximum Gasteiger partial charge on any atom is 0.220 e. The Morgan fingerprint density at radius 3 is 2.91 bits per heavy atom. The van der Waals surface area contributed by atoms with Crippen molar-refractivity contribution in [3.05, 3.63) is 24.8 Å². The van der Waals surface area contributed by atoms with E-state index in [1.165, 1.54) is 0 Å². The number of hydrogen-bond acceptors (Lipinski definition) is 1. The lowest BCUT2D eigenvalue weighted by Gasteiger charge is -1.98. The summed E-state index contributed by atoms with van der Waals surface area (Å²) >= 11 is 0. The normalized spacial score (nSPS) is 9.91. The second-order valence-electron chi connectivity index (χ2n) is 2.20. The molecule has 0 aromatic heterocycles. The van der Waals surface area contributed by atoms with Gasteiger partial charge < -0.3 is 5.32 Å². The van der Waals surface area contributed by atoms with Crippen molar-refractivity contribution in [2.75, 3.05) is 6.54 Å². The molecule has 0 atom stereocenters. The number of allylic oxidation sites excluding steroid dienone is 2. The monoisotopic (exact) mass is 153 g/mol. The third-order valence-corrected chi connectivity index (χ3v) is 1.23. The number of rotatable bonds is 5. The van der Waals surface area contributed by atoms with Gasteiger partial charge in [0.15, 0.2) is 0 Å². The van der Waals surface area contributed by atoms with Crippen LogP contribution < -0.4 is 5.32 Å². The van der Waals surface area contributed by atoms with Crippen molar-refractivity contribution >= 4 is 5.91 Å². The molecule has 0 aliphatic rings. The van der Waals surface area contributed by atoms with Crippen molar-refractivity contribution in [2.24, 2.45) is 0 Å². The van der Waals surface area contributed by atoms with E-state index in [1.807, 2.05) is 19.1 Å². The van der Waals surface area contributed by atoms with Crippen molar-refractivity contribution in [2.45, 2.75) is 19.8 Å². The molecule has 0 saturated heterocycles. The largest absolute Gasteiger partial charge is 0.353 e. The van der Waals surface area contributed by atoms with Gasteiger partial charge in [0.05, 0.1) is 0 Å². The zero-order valence-electron chi connectivity index (χ0n) is 6.97. The van der Waals surface area contributed by atoms with E-state index < -0.39 is 0 Å². The summed E-state index contributed by atoms with van der Waals surface area (Å²) < 4.78 is 0. The predicted octanol–water partition coefficient (Wildman–Crippen LogP) is 1.64. The molecule has 62 valence electrons. The molecule has 0 radical (unpaired) electrons. The van der Waals surface area contributed by atoms with E-state index in [2.05, 4.69) is 11.9 Å². The van der Waals surface area contributed by atoms with Gasteiger partial charge in [-0.15, -0.1) is 6.58 Å². The smallest absolute Gasteiger partial charge is 0.220 e. The van der Waals surface area contributed by atoms with Crippen molar-refractivity contribution in [3.8, 4) is 0 Å². The summed E-state index contributed by atoms with van der Waals surface area (Å²) in [6.45, 7) is 6.09. The minimum Gasteiger partial charge on any atom is -0.353 e. The van der Waals surface area contributed by atoms with Gasteiger partial charge in [-0.05, 0) is 13.3 Å². The summed E-state index contributed by atoms with van der Waals surface area (Å²) in [6.07, 6.45) is 6.86. The molecule has 0 aromatic rings. The number of hydrogen-bond donors (Lipinski definition) is 1. The Bertz CT molecular complexity index is 150. The van der Waals surface area contributed by atoms with E-state index in [9.17, 15) is 4.79 Å². The van der Waals surface area contributed by atoms with Crippen molar-refractivity contribution in [1.29, 1.82) is 0 Å². The first kappa shape index (κ1) is 9.95. The van der Waals surface area contributed by atoms with Crippen LogP contribution in [0.1, 0.15) is 19.8 Å². The first-order valence-corrected chi connectivity index (χ1v) is 3.80. The Morgan fingerprint density at radius 2 is 2.36 bits per heavy atom. The third kappa shape index (κ3) is 6.84. The molecule has 0 aliphatic heterocycles. The maximum atomic E-state index is 10.9. The fourth-order valence-electron chi connectivity index (χ4n) is 0.612. The fraction of sp³-hybridized carbons (Fsp3) is 0.444. The van der Waals surface area contributed by atoms with Gasteiger partial charge >= 0.3 is 0 Å². The van der Waals surface area contributed by atoms with Crippen molar-refractivity contribution < 1.29 is 4.79 Å². The van der Waals surface area contributed by atoms with Gasteiger partial charge in [0.25, 0.3) is 0 Å². The predicted molar refractivity (Wildman–Crippen MR) is 47.3 cm³/mol. The average Bonchev–Trinajstić information content (AvgIpc) is 2.01. The molecule has 11 heavy (non-hydrogen) atoms. The summed E-state index contributed by atoms with van der Waals surface area (Å²) in [5.74, 6) is 0.0861. The minimum absolute atomic E-state index is 0.0861. The number of carbonyl (C=O) groups excluding carboxylic acids is 1. The molecule has 0 spiro atoms. The second kappa shape index (κ2) is 7.06. The Morgan fingerprint density at radius 1 is 1.64 bits per heavy atom. The Hall–Kier alpha value is -1.05. The lowest BCUT2D eigenvalue weighted by atomic mass is 10.3. The van der Waals surface area contributed by atoms with Crippen LogP contribution in [0.25, 0.3) is 0 Å². The van der Waals surface area contributed by atoms with E-state index in [4.69, 9.17) is 0 Å². The molecule has 0 rings (SSSR count). The van der Waals surface area contributed by atoms with Crippen molar-refractivity contribution in [3.63, 3.8) is 0 Å². The first-order chi connectivity index (χ1) is 5.31. The molecule has 0 saturated carbocycles. The van der Waals surface area contributed by atoms with Crippen LogP contribution in [0.2, 0.25) is 0 Å². The molecule has 1 amide bonds. The lowest BCUT2D eigenvalue weighted by molar-refractivity contribution is -0.120. The Balaban J connectivity index is 3.29. The highest BCUT2D eigenvalue weighted by molar-refractivity contribution is 5.76. The summed E-state index contributed by atoms with van der Waals surface area (Å²) in [5, 5.41) is 2.74. The molecule has 0 bridgehead atoms. The zero-order chi connectivity index (χ0) is 8.53. The molecule has 0 aromatic carbocycles. The van der Waals surface area contributed by atoms with Crippen LogP contribution in [0.4, 0.5) is 0 Å².